The molecule has 1 aromatic heterocycles. The van der Waals surface area contributed by atoms with Gasteiger partial charge in [0.25, 0.3) is 0 Å². The van der Waals surface area contributed by atoms with Crippen molar-refractivity contribution in [2.24, 2.45) is 0 Å². The Morgan fingerprint density at radius 2 is 1.81 bits per heavy atom. The molecule has 0 saturated heterocycles. The van der Waals surface area contributed by atoms with E-state index in [0.717, 1.165) is 5.95 Å². The van der Waals surface area contributed by atoms with Crippen molar-refractivity contribution in [2.45, 2.75) is 52.0 Å². The van der Waals surface area contributed by atoms with Gasteiger partial charge in [-0.25, -0.2) is 4.98 Å². The van der Waals surface area contributed by atoms with Crippen molar-refractivity contribution >= 4 is 21.9 Å². The fourth-order valence-electron chi connectivity index (χ4n) is 3.11. The van der Waals surface area contributed by atoms with Crippen molar-refractivity contribution in [3.63, 3.8) is 0 Å². The van der Waals surface area contributed by atoms with Gasteiger partial charge in [-0.15, -0.1) is 0 Å². The summed E-state index contributed by atoms with van der Waals surface area (Å²) in [7, 11) is 0. The molecule has 0 bridgehead atoms. The first-order valence-electron chi connectivity index (χ1n) is 7.72. The quantitative estimate of drug-likeness (QED) is 0.846. The number of halogens is 1. The van der Waals surface area contributed by atoms with Gasteiger partial charge in [-0.2, -0.15) is 0 Å². The molecule has 0 aliphatic heterocycles. The average molecular weight is 348 g/mol. The summed E-state index contributed by atoms with van der Waals surface area (Å²) in [6.07, 6.45) is 10.4. The van der Waals surface area contributed by atoms with E-state index >= 15 is 0 Å². The summed E-state index contributed by atoms with van der Waals surface area (Å²) in [4.78, 5) is 4.51. The van der Waals surface area contributed by atoms with E-state index in [1.165, 1.54) is 53.4 Å². The van der Waals surface area contributed by atoms with Crippen LogP contribution < -0.4 is 5.32 Å². The van der Waals surface area contributed by atoms with E-state index in [1.54, 1.807) is 0 Å². The highest BCUT2D eigenvalue weighted by Crippen LogP contribution is 2.27. The van der Waals surface area contributed by atoms with Crippen LogP contribution in [0, 0.1) is 13.8 Å². The number of anilines is 1. The maximum Gasteiger partial charge on any atom is 0.207 e. The van der Waals surface area contributed by atoms with E-state index in [-0.39, 0.29) is 0 Å². The summed E-state index contributed by atoms with van der Waals surface area (Å²) in [6.45, 7) is 4.26. The third-order valence-electron chi connectivity index (χ3n) is 4.28. The minimum Gasteiger partial charge on any atom is -0.353 e. The Balaban J connectivity index is 1.88. The molecule has 1 N–H and O–H groups in total. The van der Waals surface area contributed by atoms with E-state index < -0.39 is 0 Å². The molecule has 0 amide bonds. The summed E-state index contributed by atoms with van der Waals surface area (Å²) in [5.74, 6) is 0.961. The molecule has 1 saturated carbocycles. The minimum atomic E-state index is 0.567. The summed E-state index contributed by atoms with van der Waals surface area (Å²) in [5, 5.41) is 3.62. The van der Waals surface area contributed by atoms with Crippen LogP contribution in [0.1, 0.15) is 43.2 Å². The number of rotatable bonds is 3. The first-order valence-corrected chi connectivity index (χ1v) is 8.51. The number of imidazole rings is 1. The number of aromatic nitrogens is 2. The standard InChI is InChI=1S/C17H22BrN3/c1-12-10-15(11-13(2)16(12)18)21-9-8-19-17(21)20-14-6-4-3-5-7-14/h8-11,14H,3-7H2,1-2H3,(H,19,20). The van der Waals surface area contributed by atoms with Gasteiger partial charge in [-0.05, 0) is 49.9 Å². The molecule has 0 spiro atoms. The molecule has 0 atom stereocenters. The van der Waals surface area contributed by atoms with Crippen LogP contribution in [0.15, 0.2) is 29.0 Å². The van der Waals surface area contributed by atoms with E-state index in [4.69, 9.17) is 0 Å². The zero-order valence-electron chi connectivity index (χ0n) is 12.7. The van der Waals surface area contributed by atoms with Crippen LogP contribution in [0.4, 0.5) is 5.95 Å². The van der Waals surface area contributed by atoms with Crippen LogP contribution in [0.25, 0.3) is 5.69 Å². The van der Waals surface area contributed by atoms with Crippen molar-refractivity contribution < 1.29 is 0 Å². The Morgan fingerprint density at radius 3 is 2.48 bits per heavy atom. The molecule has 1 aromatic carbocycles. The Bertz CT molecular complexity index is 604. The average Bonchev–Trinajstić information content (AvgIpc) is 2.93. The molecule has 3 nitrogen and oxygen atoms in total. The van der Waals surface area contributed by atoms with Gasteiger partial charge in [0.05, 0.1) is 0 Å². The van der Waals surface area contributed by atoms with Crippen LogP contribution in [0.2, 0.25) is 0 Å². The highest BCUT2D eigenvalue weighted by molar-refractivity contribution is 9.10. The summed E-state index contributed by atoms with van der Waals surface area (Å²) < 4.78 is 3.34. The Morgan fingerprint density at radius 1 is 1.14 bits per heavy atom. The van der Waals surface area contributed by atoms with Gasteiger partial charge >= 0.3 is 0 Å². The number of benzene rings is 1. The van der Waals surface area contributed by atoms with Crippen molar-refractivity contribution in [2.75, 3.05) is 5.32 Å². The number of nitrogens with one attached hydrogen (secondary N) is 1. The van der Waals surface area contributed by atoms with Crippen LogP contribution in [-0.4, -0.2) is 15.6 Å². The van der Waals surface area contributed by atoms with Crippen LogP contribution in [0.5, 0.6) is 0 Å². The molecule has 2 aromatic rings. The topological polar surface area (TPSA) is 29.9 Å². The lowest BCUT2D eigenvalue weighted by atomic mass is 9.96. The van der Waals surface area contributed by atoms with E-state index in [1.807, 2.05) is 12.4 Å². The molecule has 4 heteroatoms. The molecule has 0 radical (unpaired) electrons. The minimum absolute atomic E-state index is 0.567. The predicted octanol–water partition coefficient (Wildman–Crippen LogP) is 5.00. The van der Waals surface area contributed by atoms with E-state index in [2.05, 4.69) is 56.8 Å². The van der Waals surface area contributed by atoms with Crippen molar-refractivity contribution in [1.82, 2.24) is 9.55 Å². The van der Waals surface area contributed by atoms with Crippen LogP contribution in [0.3, 0.4) is 0 Å². The van der Waals surface area contributed by atoms with Gasteiger partial charge < -0.3 is 5.32 Å². The molecule has 1 heterocycles. The lowest BCUT2D eigenvalue weighted by Gasteiger charge is -2.23. The van der Waals surface area contributed by atoms with Gasteiger partial charge in [0.1, 0.15) is 0 Å². The van der Waals surface area contributed by atoms with Gasteiger partial charge in [-0.1, -0.05) is 35.2 Å². The predicted molar refractivity (Wildman–Crippen MR) is 91.2 cm³/mol. The molecular formula is C17H22BrN3. The molecule has 0 unspecified atom stereocenters. The highest BCUT2D eigenvalue weighted by Gasteiger charge is 2.16. The number of aryl methyl sites for hydroxylation is 2. The van der Waals surface area contributed by atoms with Crippen molar-refractivity contribution in [3.8, 4) is 5.69 Å². The molecule has 21 heavy (non-hydrogen) atoms. The molecular weight excluding hydrogens is 326 g/mol. The van der Waals surface area contributed by atoms with Gasteiger partial charge in [0.15, 0.2) is 0 Å². The zero-order valence-corrected chi connectivity index (χ0v) is 14.3. The molecule has 1 aliphatic rings. The van der Waals surface area contributed by atoms with Crippen LogP contribution in [-0.2, 0) is 0 Å². The maximum atomic E-state index is 4.51. The molecule has 1 aliphatic carbocycles. The maximum absolute atomic E-state index is 4.51. The van der Waals surface area contributed by atoms with Crippen molar-refractivity contribution in [3.05, 3.63) is 40.1 Å². The Hall–Kier alpha value is -1.29. The second-order valence-corrected chi connectivity index (χ2v) is 6.79. The van der Waals surface area contributed by atoms with Crippen molar-refractivity contribution in [1.29, 1.82) is 0 Å². The van der Waals surface area contributed by atoms with Crippen LogP contribution >= 0.6 is 15.9 Å². The molecule has 1 fully saturated rings. The fourth-order valence-corrected chi connectivity index (χ4v) is 3.34. The summed E-state index contributed by atoms with van der Waals surface area (Å²) in [5.41, 5.74) is 3.67. The van der Waals surface area contributed by atoms with E-state index in [9.17, 15) is 0 Å². The lowest BCUT2D eigenvalue weighted by molar-refractivity contribution is 0.460. The van der Waals surface area contributed by atoms with Gasteiger partial charge in [-0.3, -0.25) is 4.57 Å². The first-order chi connectivity index (χ1) is 10.1. The number of nitrogens with zero attached hydrogens (tertiary/aromatic N) is 2. The molecule has 3 rings (SSSR count). The van der Waals surface area contributed by atoms with Gasteiger partial charge in [0.2, 0.25) is 5.95 Å². The summed E-state index contributed by atoms with van der Waals surface area (Å²) >= 11 is 3.63. The summed E-state index contributed by atoms with van der Waals surface area (Å²) in [6, 6.07) is 4.97. The zero-order chi connectivity index (χ0) is 14.8. The Kier molecular flexibility index (Phi) is 4.34. The SMILES string of the molecule is Cc1cc(-n2ccnc2NC2CCCCC2)cc(C)c1Br. The second kappa shape index (κ2) is 6.22. The van der Waals surface area contributed by atoms with Gasteiger partial charge in [0, 0.05) is 28.6 Å². The number of hydrogen-bond donors (Lipinski definition) is 1. The van der Waals surface area contributed by atoms with E-state index in [0.29, 0.717) is 6.04 Å². The highest BCUT2D eigenvalue weighted by atomic mass is 79.9. The monoisotopic (exact) mass is 347 g/mol. The number of hydrogen-bond acceptors (Lipinski definition) is 2. The smallest absolute Gasteiger partial charge is 0.207 e. The second-order valence-electron chi connectivity index (χ2n) is 5.99. The fraction of sp³-hybridized carbons (Fsp3) is 0.471. The Labute approximate surface area is 134 Å². The largest absolute Gasteiger partial charge is 0.353 e. The molecule has 112 valence electrons. The third kappa shape index (κ3) is 3.15. The lowest BCUT2D eigenvalue weighted by Crippen LogP contribution is -2.24. The normalized spacial score (nSPS) is 16.1. The third-order valence-corrected chi connectivity index (χ3v) is 5.53. The first kappa shape index (κ1) is 14.6.